The summed E-state index contributed by atoms with van der Waals surface area (Å²) >= 11 is 0. The van der Waals surface area contributed by atoms with E-state index in [0.717, 1.165) is 12.5 Å². The Balaban J connectivity index is 2.40. The second-order valence-corrected chi connectivity index (χ2v) is 6.04. The fourth-order valence-electron chi connectivity index (χ4n) is 3.65. The lowest BCUT2D eigenvalue weighted by atomic mass is 9.85. The zero-order chi connectivity index (χ0) is 13.8. The van der Waals surface area contributed by atoms with E-state index in [0.29, 0.717) is 6.04 Å². The number of nitrogens with zero attached hydrogens (tertiary/aromatic N) is 1. The van der Waals surface area contributed by atoms with Crippen LogP contribution in [-0.4, -0.2) is 32.1 Å². The summed E-state index contributed by atoms with van der Waals surface area (Å²) in [4.78, 5) is 2.57. The Labute approximate surface area is 118 Å². The van der Waals surface area contributed by atoms with Gasteiger partial charge in [-0.15, -0.1) is 0 Å². The number of likely N-dealkylation sites (tertiary alicyclic amines) is 1. The fraction of sp³-hybridized carbons (Fsp3) is 0.647. The monoisotopic (exact) mass is 260 g/mol. The molecule has 1 saturated heterocycles. The molecule has 1 N–H and O–H groups in total. The normalized spacial score (nSPS) is 25.3. The van der Waals surface area contributed by atoms with Crippen molar-refractivity contribution in [2.24, 2.45) is 5.92 Å². The Morgan fingerprint density at radius 3 is 2.53 bits per heavy atom. The zero-order valence-corrected chi connectivity index (χ0v) is 12.9. The van der Waals surface area contributed by atoms with Crippen molar-refractivity contribution in [3.8, 4) is 0 Å². The first-order chi connectivity index (χ1) is 9.15. The maximum absolute atomic E-state index is 3.40. The summed E-state index contributed by atoms with van der Waals surface area (Å²) in [6, 6.07) is 7.27. The first-order valence-corrected chi connectivity index (χ1v) is 7.56. The molecule has 0 amide bonds. The number of hydrogen-bond donors (Lipinski definition) is 1. The van der Waals surface area contributed by atoms with Crippen LogP contribution in [0.3, 0.4) is 0 Å². The van der Waals surface area contributed by atoms with Crippen LogP contribution in [0.1, 0.15) is 42.0 Å². The van der Waals surface area contributed by atoms with E-state index in [4.69, 9.17) is 0 Å². The second-order valence-electron chi connectivity index (χ2n) is 6.04. The molecule has 0 radical (unpaired) electrons. The average Bonchev–Trinajstić information content (AvgIpc) is 2.54. The molecule has 2 atom stereocenters. The third-order valence-electron chi connectivity index (χ3n) is 4.56. The molecule has 0 bridgehead atoms. The van der Waals surface area contributed by atoms with Crippen molar-refractivity contribution < 1.29 is 0 Å². The van der Waals surface area contributed by atoms with Crippen molar-refractivity contribution in [2.45, 2.75) is 39.2 Å². The van der Waals surface area contributed by atoms with Crippen LogP contribution in [0.25, 0.3) is 0 Å². The molecule has 2 heteroatoms. The Bertz CT molecular complexity index is 393. The van der Waals surface area contributed by atoms with Gasteiger partial charge in [0, 0.05) is 6.04 Å². The maximum Gasteiger partial charge on any atom is 0.0390 e. The molecule has 106 valence electrons. The van der Waals surface area contributed by atoms with E-state index in [-0.39, 0.29) is 0 Å². The Kier molecular flexibility index (Phi) is 5.00. The van der Waals surface area contributed by atoms with Crippen molar-refractivity contribution >= 4 is 0 Å². The molecule has 1 aromatic carbocycles. The molecular formula is C17H28N2. The van der Waals surface area contributed by atoms with Gasteiger partial charge in [0.2, 0.25) is 0 Å². The summed E-state index contributed by atoms with van der Waals surface area (Å²) in [6.45, 7) is 6.86. The molecule has 2 rings (SSSR count). The predicted octanol–water partition coefficient (Wildman–Crippen LogP) is 3.30. The van der Waals surface area contributed by atoms with Gasteiger partial charge in [0.15, 0.2) is 0 Å². The summed E-state index contributed by atoms with van der Waals surface area (Å²) in [5.41, 5.74) is 4.45. The lowest BCUT2D eigenvalue weighted by molar-refractivity contribution is 0.189. The minimum atomic E-state index is 0.566. The molecular weight excluding hydrogens is 232 g/mol. The molecule has 0 aliphatic carbocycles. The van der Waals surface area contributed by atoms with Crippen LogP contribution in [0.4, 0.5) is 0 Å². The molecule has 0 aromatic heterocycles. The van der Waals surface area contributed by atoms with Gasteiger partial charge in [0.05, 0.1) is 0 Å². The van der Waals surface area contributed by atoms with Crippen LogP contribution in [0.2, 0.25) is 0 Å². The minimum absolute atomic E-state index is 0.566. The summed E-state index contributed by atoms with van der Waals surface area (Å²) < 4.78 is 0. The van der Waals surface area contributed by atoms with E-state index in [1.54, 1.807) is 5.56 Å². The van der Waals surface area contributed by atoms with Crippen molar-refractivity contribution in [2.75, 3.05) is 27.2 Å². The largest absolute Gasteiger partial charge is 0.319 e. The zero-order valence-electron chi connectivity index (χ0n) is 12.9. The van der Waals surface area contributed by atoms with Gasteiger partial charge in [-0.25, -0.2) is 0 Å². The van der Waals surface area contributed by atoms with E-state index in [2.05, 4.69) is 56.4 Å². The first-order valence-electron chi connectivity index (χ1n) is 7.56. The minimum Gasteiger partial charge on any atom is -0.319 e. The van der Waals surface area contributed by atoms with Gasteiger partial charge in [0.25, 0.3) is 0 Å². The Morgan fingerprint density at radius 2 is 1.89 bits per heavy atom. The highest BCUT2D eigenvalue weighted by atomic mass is 15.1. The van der Waals surface area contributed by atoms with Gasteiger partial charge in [-0.05, 0) is 76.5 Å². The highest BCUT2D eigenvalue weighted by Crippen LogP contribution is 2.36. The molecule has 1 aromatic rings. The first kappa shape index (κ1) is 14.5. The van der Waals surface area contributed by atoms with Crippen LogP contribution in [0, 0.1) is 19.8 Å². The summed E-state index contributed by atoms with van der Waals surface area (Å²) in [6.07, 6.45) is 4.03. The molecule has 1 aliphatic rings. The summed E-state index contributed by atoms with van der Waals surface area (Å²) in [5, 5.41) is 3.40. The second kappa shape index (κ2) is 6.53. The SMILES string of the molecule is CNCC1CCCCN(C)C1c1c(C)cccc1C. The molecule has 0 saturated carbocycles. The molecule has 19 heavy (non-hydrogen) atoms. The van der Waals surface area contributed by atoms with E-state index in [1.807, 2.05) is 0 Å². The highest BCUT2D eigenvalue weighted by Gasteiger charge is 2.30. The van der Waals surface area contributed by atoms with Crippen molar-refractivity contribution in [1.82, 2.24) is 10.2 Å². The third kappa shape index (κ3) is 3.18. The molecule has 1 aliphatic heterocycles. The van der Waals surface area contributed by atoms with Gasteiger partial charge < -0.3 is 5.32 Å². The molecule has 2 nitrogen and oxygen atoms in total. The van der Waals surface area contributed by atoms with Crippen molar-refractivity contribution in [3.05, 3.63) is 34.9 Å². The predicted molar refractivity (Wildman–Crippen MR) is 82.6 cm³/mol. The van der Waals surface area contributed by atoms with Crippen LogP contribution in [-0.2, 0) is 0 Å². The van der Waals surface area contributed by atoms with Gasteiger partial charge in [-0.1, -0.05) is 24.6 Å². The average molecular weight is 260 g/mol. The van der Waals surface area contributed by atoms with Crippen LogP contribution >= 0.6 is 0 Å². The summed E-state index contributed by atoms with van der Waals surface area (Å²) in [5.74, 6) is 0.720. The quantitative estimate of drug-likeness (QED) is 0.897. The van der Waals surface area contributed by atoms with Crippen LogP contribution in [0.15, 0.2) is 18.2 Å². The van der Waals surface area contributed by atoms with Gasteiger partial charge >= 0.3 is 0 Å². The van der Waals surface area contributed by atoms with Gasteiger partial charge in [-0.3, -0.25) is 4.90 Å². The fourth-order valence-corrected chi connectivity index (χ4v) is 3.65. The Morgan fingerprint density at radius 1 is 1.21 bits per heavy atom. The molecule has 1 heterocycles. The number of aryl methyl sites for hydroxylation is 2. The lowest BCUT2D eigenvalue weighted by Crippen LogP contribution is -2.34. The highest BCUT2D eigenvalue weighted by molar-refractivity contribution is 5.36. The van der Waals surface area contributed by atoms with E-state index in [9.17, 15) is 0 Å². The topological polar surface area (TPSA) is 15.3 Å². The standard InChI is InChI=1S/C17H28N2/c1-13-8-7-9-14(2)16(13)17-15(12-18-3)10-5-6-11-19(17)4/h7-9,15,17-18H,5-6,10-12H2,1-4H3. The number of nitrogens with one attached hydrogen (secondary N) is 1. The molecule has 2 unspecified atom stereocenters. The van der Waals surface area contributed by atoms with E-state index >= 15 is 0 Å². The number of hydrogen-bond acceptors (Lipinski definition) is 2. The van der Waals surface area contributed by atoms with Gasteiger partial charge in [0.1, 0.15) is 0 Å². The van der Waals surface area contributed by atoms with E-state index < -0.39 is 0 Å². The van der Waals surface area contributed by atoms with Crippen LogP contribution in [0.5, 0.6) is 0 Å². The lowest BCUT2D eigenvalue weighted by Gasteiger charge is -2.35. The smallest absolute Gasteiger partial charge is 0.0390 e. The number of rotatable bonds is 3. The van der Waals surface area contributed by atoms with Gasteiger partial charge in [-0.2, -0.15) is 0 Å². The Hall–Kier alpha value is -0.860. The van der Waals surface area contributed by atoms with Crippen LogP contribution < -0.4 is 5.32 Å². The van der Waals surface area contributed by atoms with E-state index in [1.165, 1.54) is 36.9 Å². The third-order valence-corrected chi connectivity index (χ3v) is 4.56. The van der Waals surface area contributed by atoms with Crippen molar-refractivity contribution in [1.29, 1.82) is 0 Å². The molecule has 0 spiro atoms. The van der Waals surface area contributed by atoms with Crippen molar-refractivity contribution in [3.63, 3.8) is 0 Å². The molecule has 1 fully saturated rings. The maximum atomic E-state index is 3.40. The summed E-state index contributed by atoms with van der Waals surface area (Å²) in [7, 11) is 4.37. The number of benzene rings is 1.